The van der Waals surface area contributed by atoms with Gasteiger partial charge in [0, 0.05) is 37.1 Å². The molecule has 0 bridgehead atoms. The van der Waals surface area contributed by atoms with Crippen LogP contribution in [0.5, 0.6) is 0 Å². The number of unbranched alkanes of at least 4 members (excludes halogenated alkanes) is 1. The highest BCUT2D eigenvalue weighted by Gasteiger charge is 2.01. The molecule has 4 nitrogen and oxygen atoms in total. The minimum atomic E-state index is 0.794. The largest absolute Gasteiger partial charge is 0.357 e. The summed E-state index contributed by atoms with van der Waals surface area (Å²) in [5.41, 5.74) is 0. The molecule has 0 atom stereocenters. The zero-order valence-electron chi connectivity index (χ0n) is 13.9. The smallest absolute Gasteiger partial charge is 0.191 e. The molecular weight excluding hydrogens is 280 g/mol. The van der Waals surface area contributed by atoms with Gasteiger partial charge in [0.15, 0.2) is 5.96 Å². The number of aryl methyl sites for hydroxylation is 1. The summed E-state index contributed by atoms with van der Waals surface area (Å²) in [6.45, 7) is 11.4. The van der Waals surface area contributed by atoms with Crippen LogP contribution in [0, 0.1) is 12.8 Å². The highest BCUT2D eigenvalue weighted by atomic mass is 32.1. The van der Waals surface area contributed by atoms with Crippen LogP contribution in [0.1, 0.15) is 49.9 Å². The van der Waals surface area contributed by atoms with E-state index in [0.29, 0.717) is 0 Å². The Morgan fingerprint density at radius 1 is 1.33 bits per heavy atom. The van der Waals surface area contributed by atoms with Crippen LogP contribution in [0.25, 0.3) is 0 Å². The number of rotatable bonds is 9. The number of aliphatic imine (C=N–C) groups is 1. The molecule has 21 heavy (non-hydrogen) atoms. The van der Waals surface area contributed by atoms with Gasteiger partial charge in [0.05, 0.1) is 5.01 Å². The predicted octanol–water partition coefficient (Wildman–Crippen LogP) is 3.38. The monoisotopic (exact) mass is 310 g/mol. The average molecular weight is 311 g/mol. The first-order valence-electron chi connectivity index (χ1n) is 8.05. The van der Waals surface area contributed by atoms with Gasteiger partial charge in [-0.15, -0.1) is 11.3 Å². The third-order valence-corrected chi connectivity index (χ3v) is 4.08. The van der Waals surface area contributed by atoms with E-state index in [9.17, 15) is 0 Å². The fraction of sp³-hybridized carbons (Fsp3) is 0.750. The first kappa shape index (κ1) is 18.0. The van der Waals surface area contributed by atoms with Crippen molar-refractivity contribution in [2.45, 2.75) is 53.4 Å². The molecule has 1 heterocycles. The molecule has 0 aliphatic heterocycles. The molecule has 1 aromatic heterocycles. The molecule has 0 aromatic carbocycles. The lowest BCUT2D eigenvalue weighted by molar-refractivity contribution is 0.541. The van der Waals surface area contributed by atoms with Crippen molar-refractivity contribution in [3.05, 3.63) is 16.1 Å². The zero-order chi connectivity index (χ0) is 15.5. The molecular formula is C16H30N4S. The summed E-state index contributed by atoms with van der Waals surface area (Å²) in [5.74, 6) is 1.72. The molecule has 0 amide bonds. The summed E-state index contributed by atoms with van der Waals surface area (Å²) < 4.78 is 0. The van der Waals surface area contributed by atoms with E-state index < -0.39 is 0 Å². The van der Waals surface area contributed by atoms with Gasteiger partial charge in [-0.1, -0.05) is 26.7 Å². The second kappa shape index (κ2) is 10.6. The lowest BCUT2D eigenvalue weighted by Gasteiger charge is -2.10. The Kier molecular flexibility index (Phi) is 9.06. The SMILES string of the molecule is CCNC(=NCCCCC(C)C)NCCc1ncc(C)s1. The molecule has 0 unspecified atom stereocenters. The van der Waals surface area contributed by atoms with Crippen molar-refractivity contribution in [1.82, 2.24) is 15.6 Å². The predicted molar refractivity (Wildman–Crippen MR) is 93.2 cm³/mol. The first-order valence-corrected chi connectivity index (χ1v) is 8.87. The van der Waals surface area contributed by atoms with Gasteiger partial charge >= 0.3 is 0 Å². The topological polar surface area (TPSA) is 49.3 Å². The van der Waals surface area contributed by atoms with E-state index in [-0.39, 0.29) is 0 Å². The van der Waals surface area contributed by atoms with E-state index in [2.05, 4.69) is 48.3 Å². The normalized spacial score (nSPS) is 12.0. The van der Waals surface area contributed by atoms with E-state index in [1.54, 1.807) is 11.3 Å². The van der Waals surface area contributed by atoms with Gasteiger partial charge in [0.25, 0.3) is 0 Å². The molecule has 1 aromatic rings. The van der Waals surface area contributed by atoms with Crippen LogP contribution in [-0.2, 0) is 6.42 Å². The number of aromatic nitrogens is 1. The molecule has 0 aliphatic rings. The Morgan fingerprint density at radius 3 is 2.76 bits per heavy atom. The van der Waals surface area contributed by atoms with Gasteiger partial charge in [0.1, 0.15) is 0 Å². The lowest BCUT2D eigenvalue weighted by Crippen LogP contribution is -2.38. The molecule has 0 saturated carbocycles. The number of hydrogen-bond donors (Lipinski definition) is 2. The van der Waals surface area contributed by atoms with Crippen molar-refractivity contribution >= 4 is 17.3 Å². The molecule has 0 fully saturated rings. The number of thiazole rings is 1. The van der Waals surface area contributed by atoms with Gasteiger partial charge in [-0.3, -0.25) is 4.99 Å². The molecule has 1 rings (SSSR count). The van der Waals surface area contributed by atoms with E-state index >= 15 is 0 Å². The standard InChI is InChI=1S/C16H30N4S/c1-5-17-16(18-10-7-6-8-13(2)3)19-11-9-15-20-12-14(4)21-15/h12-13H,5-11H2,1-4H3,(H2,17,18,19). The van der Waals surface area contributed by atoms with Crippen LogP contribution in [0.2, 0.25) is 0 Å². The Labute approximate surface area is 133 Å². The fourth-order valence-electron chi connectivity index (χ4n) is 2.00. The Balaban J connectivity index is 2.24. The lowest BCUT2D eigenvalue weighted by atomic mass is 10.1. The maximum atomic E-state index is 4.62. The van der Waals surface area contributed by atoms with E-state index in [1.807, 2.05) is 6.20 Å². The molecule has 0 radical (unpaired) electrons. The highest BCUT2D eigenvalue weighted by Crippen LogP contribution is 2.10. The van der Waals surface area contributed by atoms with E-state index in [0.717, 1.165) is 37.9 Å². The van der Waals surface area contributed by atoms with Crippen LogP contribution < -0.4 is 10.6 Å². The second-order valence-electron chi connectivity index (χ2n) is 5.69. The van der Waals surface area contributed by atoms with Crippen molar-refractivity contribution in [3.8, 4) is 0 Å². The Hall–Kier alpha value is -1.10. The third kappa shape index (κ3) is 8.71. The first-order chi connectivity index (χ1) is 10.1. The number of guanidine groups is 1. The molecule has 0 aliphatic carbocycles. The quantitative estimate of drug-likeness (QED) is 0.418. The number of nitrogens with zero attached hydrogens (tertiary/aromatic N) is 2. The fourth-order valence-corrected chi connectivity index (χ4v) is 2.79. The molecule has 120 valence electrons. The maximum Gasteiger partial charge on any atom is 0.191 e. The van der Waals surface area contributed by atoms with Crippen LogP contribution in [-0.4, -0.2) is 30.6 Å². The van der Waals surface area contributed by atoms with Crippen molar-refractivity contribution in [3.63, 3.8) is 0 Å². The van der Waals surface area contributed by atoms with Crippen molar-refractivity contribution < 1.29 is 0 Å². The molecule has 5 heteroatoms. The van der Waals surface area contributed by atoms with Crippen molar-refractivity contribution in [2.24, 2.45) is 10.9 Å². The van der Waals surface area contributed by atoms with Gasteiger partial charge in [0.2, 0.25) is 0 Å². The van der Waals surface area contributed by atoms with Crippen LogP contribution in [0.15, 0.2) is 11.2 Å². The summed E-state index contributed by atoms with van der Waals surface area (Å²) in [4.78, 5) is 10.3. The van der Waals surface area contributed by atoms with E-state index in [4.69, 9.17) is 0 Å². The summed E-state index contributed by atoms with van der Waals surface area (Å²) in [5, 5.41) is 7.87. The zero-order valence-corrected chi connectivity index (χ0v) is 14.7. The van der Waals surface area contributed by atoms with Crippen LogP contribution in [0.3, 0.4) is 0 Å². The summed E-state index contributed by atoms with van der Waals surface area (Å²) in [7, 11) is 0. The minimum Gasteiger partial charge on any atom is -0.357 e. The Morgan fingerprint density at radius 2 is 2.14 bits per heavy atom. The van der Waals surface area contributed by atoms with Gasteiger partial charge < -0.3 is 10.6 Å². The number of nitrogens with one attached hydrogen (secondary N) is 2. The van der Waals surface area contributed by atoms with Gasteiger partial charge in [-0.2, -0.15) is 0 Å². The highest BCUT2D eigenvalue weighted by molar-refractivity contribution is 7.11. The maximum absolute atomic E-state index is 4.62. The molecule has 0 spiro atoms. The summed E-state index contributed by atoms with van der Waals surface area (Å²) >= 11 is 1.77. The number of hydrogen-bond acceptors (Lipinski definition) is 3. The summed E-state index contributed by atoms with van der Waals surface area (Å²) in [6.07, 6.45) is 6.62. The van der Waals surface area contributed by atoms with Crippen molar-refractivity contribution in [1.29, 1.82) is 0 Å². The van der Waals surface area contributed by atoms with Crippen LogP contribution >= 0.6 is 11.3 Å². The Bertz CT molecular complexity index is 412. The van der Waals surface area contributed by atoms with Crippen molar-refractivity contribution in [2.75, 3.05) is 19.6 Å². The molecule has 2 N–H and O–H groups in total. The third-order valence-electron chi connectivity index (χ3n) is 3.10. The average Bonchev–Trinajstić information content (AvgIpc) is 2.83. The minimum absolute atomic E-state index is 0.794. The van der Waals surface area contributed by atoms with Gasteiger partial charge in [-0.25, -0.2) is 4.98 Å². The summed E-state index contributed by atoms with van der Waals surface area (Å²) in [6, 6.07) is 0. The molecule has 0 saturated heterocycles. The van der Waals surface area contributed by atoms with Crippen LogP contribution in [0.4, 0.5) is 0 Å². The second-order valence-corrected chi connectivity index (χ2v) is 7.01. The van der Waals surface area contributed by atoms with Gasteiger partial charge in [-0.05, 0) is 26.2 Å². The van der Waals surface area contributed by atoms with E-state index in [1.165, 1.54) is 29.1 Å².